The molecule has 0 saturated carbocycles. The monoisotopic (exact) mass is 242 g/mol. The van der Waals surface area contributed by atoms with Crippen molar-refractivity contribution >= 4 is 17.5 Å². The smallest absolute Gasteiger partial charge is 0.255 e. The highest BCUT2D eigenvalue weighted by Crippen LogP contribution is 2.22. The van der Waals surface area contributed by atoms with Crippen LogP contribution in [0.25, 0.3) is 0 Å². The maximum atomic E-state index is 11.8. The number of rotatable bonds is 4. The Morgan fingerprint density at radius 2 is 2.31 bits per heavy atom. The van der Waals surface area contributed by atoms with Crippen molar-refractivity contribution in [3.63, 3.8) is 0 Å². The van der Waals surface area contributed by atoms with Gasteiger partial charge in [0, 0.05) is 17.6 Å². The average Bonchev–Trinajstić information content (AvgIpc) is 2.25. The second-order valence-electron chi connectivity index (χ2n) is 3.53. The van der Waals surface area contributed by atoms with E-state index in [1.54, 1.807) is 18.2 Å². The predicted molar refractivity (Wildman–Crippen MR) is 64.0 cm³/mol. The Morgan fingerprint density at radius 1 is 1.62 bits per heavy atom. The van der Waals surface area contributed by atoms with E-state index in [1.165, 1.54) is 7.11 Å². The summed E-state index contributed by atoms with van der Waals surface area (Å²) < 4.78 is 5.08. The number of nitrogens with two attached hydrogens (primary N) is 1. The Labute approximate surface area is 99.7 Å². The van der Waals surface area contributed by atoms with Crippen LogP contribution in [0.4, 0.5) is 0 Å². The number of amides is 1. The predicted octanol–water partition coefficient (Wildman–Crippen LogP) is 1.43. The van der Waals surface area contributed by atoms with Crippen LogP contribution in [-0.2, 0) is 0 Å². The third-order valence-corrected chi connectivity index (χ3v) is 2.23. The molecular formula is C11H15ClN2O2. The molecule has 0 bridgehead atoms. The van der Waals surface area contributed by atoms with Crippen molar-refractivity contribution in [1.29, 1.82) is 0 Å². The number of carbonyl (C=O) groups excluding carboxylic acids is 1. The Balaban J connectivity index is 2.84. The molecule has 1 unspecified atom stereocenters. The summed E-state index contributed by atoms with van der Waals surface area (Å²) >= 11 is 5.82. The first-order valence-electron chi connectivity index (χ1n) is 4.92. The Bertz CT molecular complexity index is 380. The molecule has 0 heterocycles. The van der Waals surface area contributed by atoms with Crippen molar-refractivity contribution in [3.05, 3.63) is 28.8 Å². The van der Waals surface area contributed by atoms with Gasteiger partial charge in [-0.15, -0.1) is 0 Å². The minimum atomic E-state index is -0.239. The topological polar surface area (TPSA) is 64.3 Å². The summed E-state index contributed by atoms with van der Waals surface area (Å²) in [5, 5.41) is 3.19. The Hall–Kier alpha value is -1.26. The summed E-state index contributed by atoms with van der Waals surface area (Å²) in [6.07, 6.45) is 0. The molecule has 0 spiro atoms. The fourth-order valence-electron chi connectivity index (χ4n) is 1.21. The molecule has 0 radical (unpaired) electrons. The standard InChI is InChI=1S/C11H15ClN2O2/c1-7(13)6-14-11(15)9-5-8(12)3-4-10(9)16-2/h3-5,7H,6,13H2,1-2H3,(H,14,15). The molecule has 0 saturated heterocycles. The lowest BCUT2D eigenvalue weighted by molar-refractivity contribution is 0.0948. The number of nitrogens with one attached hydrogen (secondary N) is 1. The van der Waals surface area contributed by atoms with E-state index in [4.69, 9.17) is 22.1 Å². The largest absolute Gasteiger partial charge is 0.496 e. The van der Waals surface area contributed by atoms with E-state index >= 15 is 0 Å². The van der Waals surface area contributed by atoms with Crippen LogP contribution >= 0.6 is 11.6 Å². The maximum Gasteiger partial charge on any atom is 0.255 e. The van der Waals surface area contributed by atoms with Gasteiger partial charge in [-0.3, -0.25) is 4.79 Å². The van der Waals surface area contributed by atoms with Crippen LogP contribution in [0.5, 0.6) is 5.75 Å². The van der Waals surface area contributed by atoms with E-state index in [1.807, 2.05) is 6.92 Å². The normalized spacial score (nSPS) is 12.0. The zero-order chi connectivity index (χ0) is 12.1. The summed E-state index contributed by atoms with van der Waals surface area (Å²) in [5.74, 6) is 0.253. The zero-order valence-electron chi connectivity index (χ0n) is 9.29. The van der Waals surface area contributed by atoms with E-state index in [2.05, 4.69) is 5.32 Å². The van der Waals surface area contributed by atoms with E-state index in [9.17, 15) is 4.79 Å². The van der Waals surface area contributed by atoms with Crippen molar-refractivity contribution in [3.8, 4) is 5.75 Å². The van der Waals surface area contributed by atoms with Gasteiger partial charge in [0.25, 0.3) is 5.91 Å². The minimum absolute atomic E-state index is 0.0888. The van der Waals surface area contributed by atoms with Gasteiger partial charge in [0.1, 0.15) is 5.75 Å². The third-order valence-electron chi connectivity index (χ3n) is 1.99. The summed E-state index contributed by atoms with van der Waals surface area (Å²) in [6.45, 7) is 2.23. The van der Waals surface area contributed by atoms with Gasteiger partial charge in [-0.25, -0.2) is 0 Å². The van der Waals surface area contributed by atoms with Crippen LogP contribution in [0.3, 0.4) is 0 Å². The van der Waals surface area contributed by atoms with Crippen LogP contribution in [-0.4, -0.2) is 25.6 Å². The van der Waals surface area contributed by atoms with E-state index in [-0.39, 0.29) is 11.9 Å². The average molecular weight is 243 g/mol. The lowest BCUT2D eigenvalue weighted by Gasteiger charge is -2.11. The summed E-state index contributed by atoms with van der Waals surface area (Å²) in [5.41, 5.74) is 5.96. The van der Waals surface area contributed by atoms with Crippen molar-refractivity contribution in [2.75, 3.05) is 13.7 Å². The summed E-state index contributed by atoms with van der Waals surface area (Å²) in [6, 6.07) is 4.80. The lowest BCUT2D eigenvalue weighted by Crippen LogP contribution is -2.35. The number of carbonyl (C=O) groups is 1. The van der Waals surface area contributed by atoms with E-state index < -0.39 is 0 Å². The molecule has 1 atom stereocenters. The molecular weight excluding hydrogens is 228 g/mol. The Kier molecular flexibility index (Phi) is 4.58. The van der Waals surface area contributed by atoms with Crippen molar-refractivity contribution < 1.29 is 9.53 Å². The number of methoxy groups -OCH3 is 1. The van der Waals surface area contributed by atoms with Crippen LogP contribution < -0.4 is 15.8 Å². The highest BCUT2D eigenvalue weighted by Gasteiger charge is 2.12. The second-order valence-corrected chi connectivity index (χ2v) is 3.97. The van der Waals surface area contributed by atoms with E-state index in [0.29, 0.717) is 22.9 Å². The Morgan fingerprint density at radius 3 is 2.88 bits per heavy atom. The van der Waals surface area contributed by atoms with Gasteiger partial charge in [0.05, 0.1) is 12.7 Å². The molecule has 1 amide bonds. The molecule has 1 rings (SSSR count). The molecule has 5 heteroatoms. The first-order chi connectivity index (χ1) is 7.54. The second kappa shape index (κ2) is 5.72. The first-order valence-corrected chi connectivity index (χ1v) is 5.29. The highest BCUT2D eigenvalue weighted by atomic mass is 35.5. The molecule has 3 N–H and O–H groups in total. The number of benzene rings is 1. The van der Waals surface area contributed by atoms with Gasteiger partial charge in [0.15, 0.2) is 0 Å². The van der Waals surface area contributed by atoms with Crippen LogP contribution in [0.1, 0.15) is 17.3 Å². The fourth-order valence-corrected chi connectivity index (χ4v) is 1.38. The number of hydrogen-bond donors (Lipinski definition) is 2. The number of hydrogen-bond acceptors (Lipinski definition) is 3. The molecule has 4 nitrogen and oxygen atoms in total. The van der Waals surface area contributed by atoms with Gasteiger partial charge in [-0.05, 0) is 25.1 Å². The summed E-state index contributed by atoms with van der Waals surface area (Å²) in [7, 11) is 1.51. The molecule has 0 aliphatic heterocycles. The molecule has 0 aliphatic rings. The number of halogens is 1. The number of ether oxygens (including phenoxy) is 1. The van der Waals surface area contributed by atoms with Crippen LogP contribution in [0.15, 0.2) is 18.2 Å². The lowest BCUT2D eigenvalue weighted by atomic mass is 10.2. The molecule has 0 fully saturated rings. The van der Waals surface area contributed by atoms with Gasteiger partial charge in [-0.1, -0.05) is 11.6 Å². The van der Waals surface area contributed by atoms with Crippen LogP contribution in [0, 0.1) is 0 Å². The van der Waals surface area contributed by atoms with Crippen molar-refractivity contribution in [2.45, 2.75) is 13.0 Å². The first kappa shape index (κ1) is 12.8. The zero-order valence-corrected chi connectivity index (χ0v) is 10.0. The molecule has 88 valence electrons. The van der Waals surface area contributed by atoms with Crippen LogP contribution in [0.2, 0.25) is 5.02 Å². The molecule has 1 aromatic carbocycles. The molecule has 0 aromatic heterocycles. The molecule has 0 aliphatic carbocycles. The van der Waals surface area contributed by atoms with Crippen molar-refractivity contribution in [1.82, 2.24) is 5.32 Å². The molecule has 1 aromatic rings. The van der Waals surface area contributed by atoms with Gasteiger partial charge < -0.3 is 15.8 Å². The van der Waals surface area contributed by atoms with E-state index in [0.717, 1.165) is 0 Å². The van der Waals surface area contributed by atoms with Crippen molar-refractivity contribution in [2.24, 2.45) is 5.73 Å². The SMILES string of the molecule is COc1ccc(Cl)cc1C(=O)NCC(C)N. The fraction of sp³-hybridized carbons (Fsp3) is 0.364. The highest BCUT2D eigenvalue weighted by molar-refractivity contribution is 6.31. The quantitative estimate of drug-likeness (QED) is 0.840. The maximum absolute atomic E-state index is 11.8. The van der Waals surface area contributed by atoms with Gasteiger partial charge in [0.2, 0.25) is 0 Å². The summed E-state index contributed by atoms with van der Waals surface area (Å²) in [4.78, 5) is 11.8. The van der Waals surface area contributed by atoms with Gasteiger partial charge >= 0.3 is 0 Å². The molecule has 16 heavy (non-hydrogen) atoms. The minimum Gasteiger partial charge on any atom is -0.496 e. The third kappa shape index (κ3) is 3.40. The van der Waals surface area contributed by atoms with Gasteiger partial charge in [-0.2, -0.15) is 0 Å².